The highest BCUT2D eigenvalue weighted by Crippen LogP contribution is 2.20. The molecule has 0 heteroatoms. The third kappa shape index (κ3) is 2.37. The number of hydrogen-bond donors (Lipinski definition) is 0. The summed E-state index contributed by atoms with van der Waals surface area (Å²) < 4.78 is 0. The van der Waals surface area contributed by atoms with Crippen molar-refractivity contribution in [2.75, 3.05) is 0 Å². The molecule has 0 amide bonds. The molecule has 1 unspecified atom stereocenters. The Labute approximate surface area is 75.6 Å². The van der Waals surface area contributed by atoms with Crippen molar-refractivity contribution in [1.29, 1.82) is 0 Å². The van der Waals surface area contributed by atoms with Crippen molar-refractivity contribution in [3.05, 3.63) is 35.4 Å². The second kappa shape index (κ2) is 4.30. The van der Waals surface area contributed by atoms with Gasteiger partial charge in [0.05, 0.1) is 0 Å². The first-order valence-electron chi connectivity index (χ1n) is 4.80. The highest BCUT2D eigenvalue weighted by Gasteiger charge is 2.02. The van der Waals surface area contributed by atoms with E-state index in [0.29, 0.717) is 0 Å². The third-order valence-corrected chi connectivity index (χ3v) is 2.33. The lowest BCUT2D eigenvalue weighted by molar-refractivity contribution is 0.664. The number of rotatable bonds is 3. The molecule has 0 fully saturated rings. The SMILES string of the molecule is CCCC(C)c1cccc(C)c1. The first kappa shape index (κ1) is 9.31. The molecule has 12 heavy (non-hydrogen) atoms. The van der Waals surface area contributed by atoms with Gasteiger partial charge in [-0.25, -0.2) is 0 Å². The van der Waals surface area contributed by atoms with Crippen LogP contribution in [0.4, 0.5) is 0 Å². The van der Waals surface area contributed by atoms with Crippen LogP contribution >= 0.6 is 0 Å². The fourth-order valence-corrected chi connectivity index (χ4v) is 1.58. The Balaban J connectivity index is 2.73. The molecule has 66 valence electrons. The summed E-state index contributed by atoms with van der Waals surface area (Å²) in [5, 5.41) is 0. The maximum atomic E-state index is 2.30. The molecule has 0 bridgehead atoms. The number of aryl methyl sites for hydroxylation is 1. The average Bonchev–Trinajstić information content (AvgIpc) is 2.05. The monoisotopic (exact) mass is 162 g/mol. The molecule has 1 aromatic carbocycles. The van der Waals surface area contributed by atoms with Crippen LogP contribution in [0.1, 0.15) is 43.7 Å². The fraction of sp³-hybridized carbons (Fsp3) is 0.500. The molecule has 1 atom stereocenters. The Morgan fingerprint density at radius 1 is 1.33 bits per heavy atom. The van der Waals surface area contributed by atoms with Crippen LogP contribution in [-0.4, -0.2) is 0 Å². The van der Waals surface area contributed by atoms with E-state index in [1.54, 1.807) is 0 Å². The first-order valence-corrected chi connectivity index (χ1v) is 4.80. The Bertz CT molecular complexity index is 238. The largest absolute Gasteiger partial charge is 0.0654 e. The minimum absolute atomic E-state index is 0.717. The minimum Gasteiger partial charge on any atom is -0.0654 e. The molecule has 0 aliphatic heterocycles. The Morgan fingerprint density at radius 3 is 2.67 bits per heavy atom. The zero-order valence-corrected chi connectivity index (χ0v) is 8.30. The summed E-state index contributed by atoms with van der Waals surface area (Å²) in [7, 11) is 0. The van der Waals surface area contributed by atoms with E-state index in [9.17, 15) is 0 Å². The molecule has 0 saturated carbocycles. The van der Waals surface area contributed by atoms with Gasteiger partial charge in [-0.05, 0) is 24.8 Å². The summed E-state index contributed by atoms with van der Waals surface area (Å²) in [6.07, 6.45) is 2.57. The predicted octanol–water partition coefficient (Wildman–Crippen LogP) is 3.90. The van der Waals surface area contributed by atoms with Gasteiger partial charge in [-0.2, -0.15) is 0 Å². The number of benzene rings is 1. The van der Waals surface area contributed by atoms with Gasteiger partial charge in [0.15, 0.2) is 0 Å². The van der Waals surface area contributed by atoms with Gasteiger partial charge in [-0.1, -0.05) is 50.1 Å². The van der Waals surface area contributed by atoms with Crippen molar-refractivity contribution in [1.82, 2.24) is 0 Å². The zero-order valence-electron chi connectivity index (χ0n) is 8.30. The summed E-state index contributed by atoms with van der Waals surface area (Å²) in [6.45, 7) is 6.70. The normalized spacial score (nSPS) is 12.9. The summed E-state index contributed by atoms with van der Waals surface area (Å²) in [4.78, 5) is 0. The average molecular weight is 162 g/mol. The fourth-order valence-electron chi connectivity index (χ4n) is 1.58. The summed E-state index contributed by atoms with van der Waals surface area (Å²) in [5.74, 6) is 0.717. The van der Waals surface area contributed by atoms with Crippen LogP contribution < -0.4 is 0 Å². The molecule has 0 aromatic heterocycles. The van der Waals surface area contributed by atoms with Gasteiger partial charge in [0, 0.05) is 0 Å². The molecule has 1 aromatic rings. The van der Waals surface area contributed by atoms with Crippen LogP contribution in [-0.2, 0) is 0 Å². The lowest BCUT2D eigenvalue weighted by Crippen LogP contribution is -1.92. The van der Waals surface area contributed by atoms with Gasteiger partial charge in [-0.3, -0.25) is 0 Å². The Hall–Kier alpha value is -0.780. The molecule has 0 radical (unpaired) electrons. The van der Waals surface area contributed by atoms with E-state index in [4.69, 9.17) is 0 Å². The predicted molar refractivity (Wildman–Crippen MR) is 54.5 cm³/mol. The molecule has 0 spiro atoms. The van der Waals surface area contributed by atoms with Crippen molar-refractivity contribution >= 4 is 0 Å². The molecule has 0 saturated heterocycles. The van der Waals surface area contributed by atoms with Crippen LogP contribution in [0, 0.1) is 6.92 Å². The molecule has 1 rings (SSSR count). The lowest BCUT2D eigenvalue weighted by atomic mass is 9.95. The van der Waals surface area contributed by atoms with Gasteiger partial charge in [0.25, 0.3) is 0 Å². The number of hydrogen-bond acceptors (Lipinski definition) is 0. The molecule has 0 N–H and O–H groups in total. The van der Waals surface area contributed by atoms with Crippen molar-refractivity contribution < 1.29 is 0 Å². The summed E-state index contributed by atoms with van der Waals surface area (Å²) in [5.41, 5.74) is 2.85. The molecule has 0 heterocycles. The molecular weight excluding hydrogens is 144 g/mol. The Kier molecular flexibility index (Phi) is 3.33. The molecule has 0 aliphatic rings. The van der Waals surface area contributed by atoms with Crippen molar-refractivity contribution in [3.63, 3.8) is 0 Å². The van der Waals surface area contributed by atoms with Crippen LogP contribution in [0.25, 0.3) is 0 Å². The Morgan fingerprint density at radius 2 is 2.08 bits per heavy atom. The van der Waals surface area contributed by atoms with E-state index >= 15 is 0 Å². The van der Waals surface area contributed by atoms with E-state index < -0.39 is 0 Å². The topological polar surface area (TPSA) is 0 Å². The van der Waals surface area contributed by atoms with Gasteiger partial charge in [-0.15, -0.1) is 0 Å². The van der Waals surface area contributed by atoms with Gasteiger partial charge < -0.3 is 0 Å². The van der Waals surface area contributed by atoms with Crippen LogP contribution in [0.2, 0.25) is 0 Å². The molecule has 0 nitrogen and oxygen atoms in total. The quantitative estimate of drug-likeness (QED) is 0.632. The van der Waals surface area contributed by atoms with E-state index in [0.717, 1.165) is 5.92 Å². The molecular formula is C12H18. The smallest absolute Gasteiger partial charge is 0.0190 e. The van der Waals surface area contributed by atoms with Crippen LogP contribution in [0.15, 0.2) is 24.3 Å². The van der Waals surface area contributed by atoms with E-state index in [-0.39, 0.29) is 0 Å². The lowest BCUT2D eigenvalue weighted by Gasteiger charge is -2.10. The minimum atomic E-state index is 0.717. The van der Waals surface area contributed by atoms with Gasteiger partial charge >= 0.3 is 0 Å². The van der Waals surface area contributed by atoms with E-state index in [1.807, 2.05) is 0 Å². The third-order valence-electron chi connectivity index (χ3n) is 2.33. The second-order valence-corrected chi connectivity index (χ2v) is 3.60. The van der Waals surface area contributed by atoms with Crippen LogP contribution in [0.3, 0.4) is 0 Å². The zero-order chi connectivity index (χ0) is 8.97. The van der Waals surface area contributed by atoms with Gasteiger partial charge in [0.1, 0.15) is 0 Å². The summed E-state index contributed by atoms with van der Waals surface area (Å²) >= 11 is 0. The second-order valence-electron chi connectivity index (χ2n) is 3.60. The maximum absolute atomic E-state index is 2.30. The van der Waals surface area contributed by atoms with Gasteiger partial charge in [0.2, 0.25) is 0 Å². The van der Waals surface area contributed by atoms with Crippen molar-refractivity contribution in [2.45, 2.75) is 39.5 Å². The molecule has 0 aliphatic carbocycles. The van der Waals surface area contributed by atoms with Crippen LogP contribution in [0.5, 0.6) is 0 Å². The van der Waals surface area contributed by atoms with E-state index in [2.05, 4.69) is 45.0 Å². The maximum Gasteiger partial charge on any atom is -0.0190 e. The highest BCUT2D eigenvalue weighted by molar-refractivity contribution is 5.24. The van der Waals surface area contributed by atoms with Crippen molar-refractivity contribution in [3.8, 4) is 0 Å². The van der Waals surface area contributed by atoms with Crippen molar-refractivity contribution in [2.24, 2.45) is 0 Å². The standard InChI is InChI=1S/C12H18/c1-4-6-11(3)12-8-5-7-10(2)9-12/h5,7-9,11H,4,6H2,1-3H3. The summed E-state index contributed by atoms with van der Waals surface area (Å²) in [6, 6.07) is 8.83. The first-order chi connectivity index (χ1) is 5.74. The van der Waals surface area contributed by atoms with E-state index in [1.165, 1.54) is 24.0 Å². The highest BCUT2D eigenvalue weighted by atomic mass is 14.1.